The lowest BCUT2D eigenvalue weighted by Gasteiger charge is -2.42. The van der Waals surface area contributed by atoms with E-state index in [0.717, 1.165) is 16.7 Å². The van der Waals surface area contributed by atoms with Crippen molar-refractivity contribution in [1.29, 1.82) is 5.26 Å². The molecular formula is C26H30N2O2Si. The minimum Gasteiger partial charge on any atom is -0.410 e. The van der Waals surface area contributed by atoms with Crippen molar-refractivity contribution in [1.82, 2.24) is 4.98 Å². The molecule has 1 aromatic heterocycles. The van der Waals surface area contributed by atoms with Crippen molar-refractivity contribution < 1.29 is 9.16 Å². The van der Waals surface area contributed by atoms with Crippen LogP contribution in [0.5, 0.6) is 0 Å². The SMILES string of the molecule is C[C@H](OCc1ccccc1)[C@@H](O[Si](C)(C)C)[C@](C#N)(c1ccccc1)c1cccnc1. The topological polar surface area (TPSA) is 55.1 Å². The zero-order valence-corrected chi connectivity index (χ0v) is 19.7. The highest BCUT2D eigenvalue weighted by molar-refractivity contribution is 6.69. The van der Waals surface area contributed by atoms with Crippen molar-refractivity contribution in [2.24, 2.45) is 0 Å². The Morgan fingerprint density at radius 1 is 0.935 bits per heavy atom. The molecule has 160 valence electrons. The van der Waals surface area contributed by atoms with Crippen LogP contribution in [0.3, 0.4) is 0 Å². The fraction of sp³-hybridized carbons (Fsp3) is 0.308. The third-order valence-corrected chi connectivity index (χ3v) is 6.17. The monoisotopic (exact) mass is 430 g/mol. The molecule has 3 rings (SSSR count). The summed E-state index contributed by atoms with van der Waals surface area (Å²) < 4.78 is 13.0. The van der Waals surface area contributed by atoms with Gasteiger partial charge in [-0.3, -0.25) is 4.98 Å². The Kier molecular flexibility index (Phi) is 7.40. The molecule has 0 unspecified atom stereocenters. The summed E-state index contributed by atoms with van der Waals surface area (Å²) in [6, 6.07) is 26.4. The van der Waals surface area contributed by atoms with Gasteiger partial charge < -0.3 is 9.16 Å². The van der Waals surface area contributed by atoms with E-state index in [1.54, 1.807) is 12.4 Å². The third kappa shape index (κ3) is 5.48. The van der Waals surface area contributed by atoms with Gasteiger partial charge in [-0.2, -0.15) is 5.26 Å². The van der Waals surface area contributed by atoms with Gasteiger partial charge in [0, 0.05) is 12.4 Å². The largest absolute Gasteiger partial charge is 0.410 e. The molecule has 0 aliphatic heterocycles. The second-order valence-electron chi connectivity index (χ2n) is 8.68. The van der Waals surface area contributed by atoms with E-state index in [1.165, 1.54) is 0 Å². The number of aromatic nitrogens is 1. The molecule has 1 heterocycles. The summed E-state index contributed by atoms with van der Waals surface area (Å²) in [5.74, 6) is 0. The van der Waals surface area contributed by atoms with Crippen molar-refractivity contribution in [3.8, 4) is 6.07 Å². The van der Waals surface area contributed by atoms with E-state index in [9.17, 15) is 5.26 Å². The molecule has 31 heavy (non-hydrogen) atoms. The molecule has 0 amide bonds. The molecule has 0 spiro atoms. The standard InChI is InChI=1S/C26H30N2O2Si/c1-21(29-19-22-12-7-5-8-13-22)25(30-31(2,3)4)26(20-27,23-14-9-6-10-15-23)24-16-11-17-28-18-24/h5-18,21,25H,19H2,1-4H3/t21-,25+,26+/m0/s1. The second-order valence-corrected chi connectivity index (χ2v) is 13.1. The molecule has 0 bridgehead atoms. The maximum Gasteiger partial charge on any atom is 0.184 e. The van der Waals surface area contributed by atoms with Crippen LogP contribution < -0.4 is 0 Å². The molecular weight excluding hydrogens is 400 g/mol. The fourth-order valence-electron chi connectivity index (χ4n) is 3.79. The summed E-state index contributed by atoms with van der Waals surface area (Å²) >= 11 is 0. The van der Waals surface area contributed by atoms with Gasteiger partial charge in [-0.25, -0.2) is 0 Å². The highest BCUT2D eigenvalue weighted by atomic mass is 28.4. The minimum absolute atomic E-state index is 0.327. The van der Waals surface area contributed by atoms with Gasteiger partial charge >= 0.3 is 0 Å². The van der Waals surface area contributed by atoms with Crippen LogP contribution >= 0.6 is 0 Å². The first-order valence-corrected chi connectivity index (χ1v) is 14.0. The van der Waals surface area contributed by atoms with Crippen LogP contribution in [0.1, 0.15) is 23.6 Å². The van der Waals surface area contributed by atoms with E-state index in [4.69, 9.17) is 9.16 Å². The van der Waals surface area contributed by atoms with Gasteiger partial charge in [0.15, 0.2) is 8.32 Å². The lowest BCUT2D eigenvalue weighted by Crippen LogP contribution is -2.52. The summed E-state index contributed by atoms with van der Waals surface area (Å²) in [5.41, 5.74) is 1.72. The molecule has 0 aliphatic carbocycles. The van der Waals surface area contributed by atoms with E-state index in [1.807, 2.05) is 79.7 Å². The number of hydrogen-bond donors (Lipinski definition) is 0. The Morgan fingerprint density at radius 3 is 2.10 bits per heavy atom. The molecule has 0 saturated heterocycles. The summed E-state index contributed by atoms with van der Waals surface area (Å²) in [6.45, 7) is 8.87. The van der Waals surface area contributed by atoms with Crippen LogP contribution in [0.4, 0.5) is 0 Å². The predicted molar refractivity (Wildman–Crippen MR) is 126 cm³/mol. The molecule has 3 atom stereocenters. The summed E-state index contributed by atoms with van der Waals surface area (Å²) in [7, 11) is -2.03. The Hall–Kier alpha value is -2.78. The van der Waals surface area contributed by atoms with Crippen LogP contribution in [-0.4, -0.2) is 25.5 Å². The number of nitrogens with zero attached hydrogens (tertiary/aromatic N) is 2. The first-order valence-electron chi connectivity index (χ1n) is 10.6. The zero-order chi connectivity index (χ0) is 22.3. The average molecular weight is 431 g/mol. The maximum absolute atomic E-state index is 10.7. The highest BCUT2D eigenvalue weighted by Crippen LogP contribution is 2.40. The fourth-order valence-corrected chi connectivity index (χ4v) is 4.92. The number of nitriles is 1. The molecule has 5 heteroatoms. The maximum atomic E-state index is 10.7. The number of hydrogen-bond acceptors (Lipinski definition) is 4. The van der Waals surface area contributed by atoms with Crippen molar-refractivity contribution in [2.75, 3.05) is 0 Å². The van der Waals surface area contributed by atoms with E-state index >= 15 is 0 Å². The van der Waals surface area contributed by atoms with Crippen molar-refractivity contribution in [3.05, 3.63) is 102 Å². The first-order chi connectivity index (χ1) is 14.9. The van der Waals surface area contributed by atoms with Crippen LogP contribution in [0.25, 0.3) is 0 Å². The van der Waals surface area contributed by atoms with Crippen LogP contribution in [0, 0.1) is 11.3 Å². The van der Waals surface area contributed by atoms with Gasteiger partial charge in [0.2, 0.25) is 0 Å². The Balaban J connectivity index is 2.08. The van der Waals surface area contributed by atoms with Crippen molar-refractivity contribution >= 4 is 8.32 Å². The highest BCUT2D eigenvalue weighted by Gasteiger charge is 2.48. The van der Waals surface area contributed by atoms with E-state index < -0.39 is 19.8 Å². The lowest BCUT2D eigenvalue weighted by molar-refractivity contribution is -0.0437. The first kappa shape index (κ1) is 22.9. The Bertz CT molecular complexity index is 943. The average Bonchev–Trinajstić information content (AvgIpc) is 2.79. The molecule has 3 aromatic rings. The minimum atomic E-state index is -2.03. The number of ether oxygens (including phenoxy) is 1. The Morgan fingerprint density at radius 2 is 1.55 bits per heavy atom. The third-order valence-electron chi connectivity index (χ3n) is 5.21. The van der Waals surface area contributed by atoms with Gasteiger partial charge in [0.05, 0.1) is 24.9 Å². The molecule has 0 N–H and O–H groups in total. The molecule has 4 nitrogen and oxygen atoms in total. The van der Waals surface area contributed by atoms with Crippen LogP contribution in [0.2, 0.25) is 19.6 Å². The molecule has 0 saturated carbocycles. The van der Waals surface area contributed by atoms with Gasteiger partial charge in [0.1, 0.15) is 5.41 Å². The van der Waals surface area contributed by atoms with E-state index in [2.05, 4.69) is 30.7 Å². The van der Waals surface area contributed by atoms with Crippen LogP contribution in [-0.2, 0) is 21.2 Å². The smallest absolute Gasteiger partial charge is 0.184 e. The van der Waals surface area contributed by atoms with Gasteiger partial charge in [0.25, 0.3) is 0 Å². The number of benzene rings is 2. The van der Waals surface area contributed by atoms with Crippen molar-refractivity contribution in [3.63, 3.8) is 0 Å². The Labute approximate surface area is 186 Å². The number of pyridine rings is 1. The molecule has 0 radical (unpaired) electrons. The molecule has 2 aromatic carbocycles. The summed E-state index contributed by atoms with van der Waals surface area (Å²) in [6.07, 6.45) is 2.66. The van der Waals surface area contributed by atoms with Gasteiger partial charge in [-0.1, -0.05) is 66.7 Å². The van der Waals surface area contributed by atoms with E-state index in [0.29, 0.717) is 6.61 Å². The van der Waals surface area contributed by atoms with Gasteiger partial charge in [-0.15, -0.1) is 0 Å². The lowest BCUT2D eigenvalue weighted by atomic mass is 9.70. The molecule has 0 fully saturated rings. The van der Waals surface area contributed by atoms with Crippen LogP contribution in [0.15, 0.2) is 85.2 Å². The number of rotatable bonds is 9. The zero-order valence-electron chi connectivity index (χ0n) is 18.7. The molecule has 0 aliphatic rings. The van der Waals surface area contributed by atoms with Crippen molar-refractivity contribution in [2.45, 2.75) is 50.8 Å². The summed E-state index contributed by atoms with van der Waals surface area (Å²) in [4.78, 5) is 4.32. The normalized spacial score (nSPS) is 15.5. The van der Waals surface area contributed by atoms with E-state index in [-0.39, 0.29) is 6.10 Å². The quantitative estimate of drug-likeness (QED) is 0.408. The van der Waals surface area contributed by atoms with Gasteiger partial charge in [-0.05, 0) is 49.3 Å². The predicted octanol–water partition coefficient (Wildman–Crippen LogP) is 5.72. The summed E-state index contributed by atoms with van der Waals surface area (Å²) in [5, 5.41) is 10.7. The second kappa shape index (κ2) is 10.0.